The van der Waals surface area contributed by atoms with Crippen LogP contribution >= 0.6 is 11.3 Å². The van der Waals surface area contributed by atoms with E-state index in [9.17, 15) is 27.6 Å². The maximum atomic E-state index is 13.9. The number of primary sulfonamides is 1. The molecule has 1 amide bonds. The number of hydrogen-bond acceptors (Lipinski definition) is 8. The van der Waals surface area contributed by atoms with Crippen molar-refractivity contribution in [3.63, 3.8) is 0 Å². The molecule has 39 heavy (non-hydrogen) atoms. The van der Waals surface area contributed by atoms with Crippen molar-refractivity contribution < 1.29 is 27.6 Å². The van der Waals surface area contributed by atoms with Crippen LogP contribution in [0.2, 0.25) is 0 Å². The Morgan fingerprint density at radius 1 is 1.18 bits per heavy atom. The van der Waals surface area contributed by atoms with Gasteiger partial charge in [-0.25, -0.2) is 18.2 Å². The van der Waals surface area contributed by atoms with E-state index in [1.54, 1.807) is 0 Å². The van der Waals surface area contributed by atoms with Gasteiger partial charge in [-0.2, -0.15) is 4.99 Å². The molecule has 0 spiro atoms. The summed E-state index contributed by atoms with van der Waals surface area (Å²) in [7, 11) is -2.48. The van der Waals surface area contributed by atoms with Gasteiger partial charge in [0.25, 0.3) is 10.0 Å². The fourth-order valence-corrected chi connectivity index (χ4v) is 10.2. The zero-order valence-electron chi connectivity index (χ0n) is 23.0. The number of amides is 1. The van der Waals surface area contributed by atoms with Gasteiger partial charge in [0, 0.05) is 50.5 Å². The smallest absolute Gasteiger partial charge is 0.267 e. The van der Waals surface area contributed by atoms with Crippen LogP contribution in [0.5, 0.6) is 0 Å². The van der Waals surface area contributed by atoms with Crippen LogP contribution in [0.4, 0.5) is 0 Å². The van der Waals surface area contributed by atoms with Crippen LogP contribution in [-0.4, -0.2) is 41.5 Å². The van der Waals surface area contributed by atoms with Gasteiger partial charge in [0.15, 0.2) is 0 Å². The van der Waals surface area contributed by atoms with Gasteiger partial charge in [0.05, 0.1) is 0 Å². The molecule has 0 radical (unpaired) electrons. The van der Waals surface area contributed by atoms with Crippen molar-refractivity contribution in [1.29, 1.82) is 0 Å². The molecule has 1 aromatic heterocycles. The molecule has 1 heterocycles. The summed E-state index contributed by atoms with van der Waals surface area (Å²) >= 11 is 0.743. The van der Waals surface area contributed by atoms with E-state index < -0.39 is 15.4 Å². The van der Waals surface area contributed by atoms with Crippen LogP contribution in [0.1, 0.15) is 78.6 Å². The Labute approximate surface area is 232 Å². The second-order valence-electron chi connectivity index (χ2n) is 12.8. The van der Waals surface area contributed by atoms with Crippen molar-refractivity contribution in [3.8, 4) is 0 Å². The van der Waals surface area contributed by atoms with Crippen LogP contribution in [0.15, 0.2) is 9.33 Å². The lowest BCUT2D eigenvalue weighted by molar-refractivity contribution is -0.166. The summed E-state index contributed by atoms with van der Waals surface area (Å²) in [6.45, 7) is 6.33. The van der Waals surface area contributed by atoms with Gasteiger partial charge in [0.1, 0.15) is 17.3 Å². The average molecular weight is 579 g/mol. The van der Waals surface area contributed by atoms with Crippen LogP contribution in [0.3, 0.4) is 0 Å². The van der Waals surface area contributed by atoms with E-state index in [1.807, 2.05) is 0 Å². The van der Waals surface area contributed by atoms with Crippen LogP contribution in [0.25, 0.3) is 0 Å². The van der Waals surface area contributed by atoms with Crippen molar-refractivity contribution in [2.75, 3.05) is 0 Å². The topological polar surface area (TPSA) is 159 Å². The predicted octanol–water partition coefficient (Wildman–Crippen LogP) is 2.56. The number of ketones is 3. The number of carbonyl (C=O) groups is 4. The molecule has 0 saturated heterocycles. The summed E-state index contributed by atoms with van der Waals surface area (Å²) in [6.07, 6.45) is 4.99. The zero-order chi connectivity index (χ0) is 28.5. The number of Topliss-reactive ketones (excluding diaryl/α,β-unsaturated/α-hetero) is 3. The molecule has 4 saturated carbocycles. The molecule has 4 fully saturated rings. The molecule has 10 nitrogen and oxygen atoms in total. The minimum absolute atomic E-state index is 0.00682. The van der Waals surface area contributed by atoms with Gasteiger partial charge < -0.3 is 0 Å². The summed E-state index contributed by atoms with van der Waals surface area (Å²) in [5.41, 5.74) is -0.740. The molecule has 12 heteroatoms. The van der Waals surface area contributed by atoms with Crippen molar-refractivity contribution >= 4 is 44.6 Å². The van der Waals surface area contributed by atoms with Gasteiger partial charge in [0.2, 0.25) is 15.0 Å². The zero-order valence-corrected chi connectivity index (χ0v) is 24.6. The summed E-state index contributed by atoms with van der Waals surface area (Å²) in [5.74, 6) is 0.412. The first-order chi connectivity index (χ1) is 18.2. The number of sulfonamides is 1. The Balaban J connectivity index is 1.31. The fraction of sp³-hybridized carbons (Fsp3) is 0.778. The largest absolute Gasteiger partial charge is 0.300 e. The molecule has 4 aliphatic carbocycles. The molecule has 0 bridgehead atoms. The molecular formula is C27H38N4O6S2. The molecule has 214 valence electrons. The predicted molar refractivity (Wildman–Crippen MR) is 142 cm³/mol. The van der Waals surface area contributed by atoms with Gasteiger partial charge >= 0.3 is 0 Å². The first-order valence-electron chi connectivity index (χ1n) is 13.9. The summed E-state index contributed by atoms with van der Waals surface area (Å²) in [4.78, 5) is 56.5. The third kappa shape index (κ3) is 4.69. The minimum Gasteiger partial charge on any atom is -0.300 e. The summed E-state index contributed by atoms with van der Waals surface area (Å²) in [5, 5.41) is 8.95. The number of aromatic nitrogens is 2. The molecule has 0 aromatic carbocycles. The number of rotatable bonds is 5. The monoisotopic (exact) mass is 578 g/mol. The van der Waals surface area contributed by atoms with E-state index in [1.165, 1.54) is 11.7 Å². The van der Waals surface area contributed by atoms with E-state index in [2.05, 4.69) is 30.9 Å². The molecule has 8 atom stereocenters. The summed E-state index contributed by atoms with van der Waals surface area (Å²) in [6, 6.07) is 0. The first-order valence-corrected chi connectivity index (χ1v) is 16.2. The van der Waals surface area contributed by atoms with E-state index >= 15 is 0 Å². The molecule has 2 N–H and O–H groups in total. The highest BCUT2D eigenvalue weighted by Gasteiger charge is 2.66. The second-order valence-corrected chi connectivity index (χ2v) is 15.5. The first kappa shape index (κ1) is 28.5. The van der Waals surface area contributed by atoms with Gasteiger partial charge in [-0.1, -0.05) is 32.1 Å². The van der Waals surface area contributed by atoms with Crippen LogP contribution in [0, 0.1) is 46.3 Å². The van der Waals surface area contributed by atoms with Crippen molar-refractivity contribution in [2.45, 2.75) is 82.9 Å². The highest BCUT2D eigenvalue weighted by molar-refractivity contribution is 7.91. The highest BCUT2D eigenvalue weighted by Crippen LogP contribution is 2.66. The van der Waals surface area contributed by atoms with Gasteiger partial charge in [-0.05, 0) is 60.7 Å². The van der Waals surface area contributed by atoms with E-state index in [-0.39, 0.29) is 79.7 Å². The highest BCUT2D eigenvalue weighted by atomic mass is 32.2. The minimum atomic E-state index is -3.98. The normalized spacial score (nSPS) is 37.8. The van der Waals surface area contributed by atoms with Crippen molar-refractivity contribution in [2.24, 2.45) is 63.5 Å². The maximum Gasteiger partial charge on any atom is 0.267 e. The van der Waals surface area contributed by atoms with E-state index in [0.29, 0.717) is 32.1 Å². The SMILES string of the molecule is C[C@H](CCC(=O)N=c1sc(S(N)(=O)=O)nn1C)[C@H]1CC[C@H]2[C@@H]3C(=O)C[C@@H]4CC(=O)CC[C@]4(C)[C@H]3CC(=O)[C@]12C. The van der Waals surface area contributed by atoms with Crippen LogP contribution < -0.4 is 9.94 Å². The lowest BCUT2D eigenvalue weighted by Crippen LogP contribution is -2.60. The molecule has 5 rings (SSSR count). The Kier molecular flexibility index (Phi) is 7.15. The second kappa shape index (κ2) is 9.80. The summed E-state index contributed by atoms with van der Waals surface area (Å²) < 4.78 is 24.0. The maximum absolute atomic E-state index is 13.9. The van der Waals surface area contributed by atoms with Crippen molar-refractivity contribution in [1.82, 2.24) is 9.78 Å². The molecule has 0 aliphatic heterocycles. The molecule has 0 unspecified atom stereocenters. The van der Waals surface area contributed by atoms with E-state index in [0.717, 1.165) is 30.6 Å². The lowest BCUT2D eigenvalue weighted by atomic mass is 9.44. The van der Waals surface area contributed by atoms with E-state index in [4.69, 9.17) is 5.14 Å². The Hall–Kier alpha value is -2.05. The number of nitrogens with zero attached hydrogens (tertiary/aromatic N) is 3. The standard InChI is InChI=1S/C27H38N4O6S2/c1-14(5-8-22(35)29-24-31(4)30-25(38-24)39(28,36)37)17-6-7-18-23-19(13-21(34)27(17,18)3)26(2)10-9-16(32)11-15(26)12-20(23)33/h14-15,17-19,23H,5-13H2,1-4H3,(H2,28,36,37)/t14-,15+,17-,18+,19+,23+,26+,27-/m1/s1. The Morgan fingerprint density at radius 2 is 1.90 bits per heavy atom. The van der Waals surface area contributed by atoms with Crippen LogP contribution in [-0.2, 0) is 36.2 Å². The quantitative estimate of drug-likeness (QED) is 0.562. The molecular weight excluding hydrogens is 540 g/mol. The number of fused-ring (bicyclic) bond motifs is 5. The van der Waals surface area contributed by atoms with Crippen molar-refractivity contribution in [3.05, 3.63) is 4.80 Å². The lowest BCUT2D eigenvalue weighted by Gasteiger charge is -2.58. The number of carbonyl (C=O) groups excluding carboxylic acids is 4. The average Bonchev–Trinajstić information content (AvgIpc) is 3.40. The Morgan fingerprint density at radius 3 is 2.56 bits per heavy atom. The molecule has 4 aliphatic rings. The number of nitrogens with two attached hydrogens (primary N) is 1. The fourth-order valence-electron chi connectivity index (χ4n) is 8.64. The Bertz CT molecular complexity index is 1410. The van der Waals surface area contributed by atoms with Gasteiger partial charge in [-0.3, -0.25) is 19.2 Å². The molecule has 1 aromatic rings. The third-order valence-corrected chi connectivity index (χ3v) is 13.2. The van der Waals surface area contributed by atoms with Gasteiger partial charge in [-0.15, -0.1) is 5.10 Å². The third-order valence-electron chi connectivity index (χ3n) is 10.9. The number of hydrogen-bond donors (Lipinski definition) is 1. The number of aryl methyl sites for hydroxylation is 1.